The van der Waals surface area contributed by atoms with E-state index in [2.05, 4.69) is 10.1 Å². The van der Waals surface area contributed by atoms with Crippen LogP contribution in [0.5, 0.6) is 0 Å². The SMILES string of the molecule is CN(CCCl)c1nccn2nccc12. The second kappa shape index (κ2) is 3.84. The molecule has 0 saturated heterocycles. The van der Waals surface area contributed by atoms with E-state index in [-0.39, 0.29) is 0 Å². The first-order chi connectivity index (χ1) is 6.83. The Kier molecular flexibility index (Phi) is 2.54. The van der Waals surface area contributed by atoms with Crippen molar-refractivity contribution in [1.82, 2.24) is 14.6 Å². The van der Waals surface area contributed by atoms with Gasteiger partial charge in [0.1, 0.15) is 5.52 Å². The third-order valence-corrected chi connectivity index (χ3v) is 2.25. The van der Waals surface area contributed by atoms with Gasteiger partial charge in [-0.3, -0.25) is 0 Å². The molecule has 0 aromatic carbocycles. The molecule has 2 heterocycles. The molecule has 0 unspecified atom stereocenters. The van der Waals surface area contributed by atoms with Gasteiger partial charge in [0, 0.05) is 31.9 Å². The molecule has 0 bridgehead atoms. The second-order valence-electron chi connectivity index (χ2n) is 3.02. The van der Waals surface area contributed by atoms with Crippen LogP contribution in [0.1, 0.15) is 0 Å². The van der Waals surface area contributed by atoms with Crippen molar-refractivity contribution < 1.29 is 0 Å². The summed E-state index contributed by atoms with van der Waals surface area (Å²) in [6.45, 7) is 0.777. The Balaban J connectivity index is 2.45. The van der Waals surface area contributed by atoms with Gasteiger partial charge in [0.05, 0.1) is 6.20 Å². The monoisotopic (exact) mass is 210 g/mol. The van der Waals surface area contributed by atoms with Crippen molar-refractivity contribution in [3.8, 4) is 0 Å². The molecule has 0 aliphatic rings. The van der Waals surface area contributed by atoms with E-state index < -0.39 is 0 Å². The average Bonchev–Trinajstić information content (AvgIpc) is 2.65. The van der Waals surface area contributed by atoms with E-state index in [0.29, 0.717) is 5.88 Å². The molecule has 74 valence electrons. The molecule has 2 aromatic heterocycles. The van der Waals surface area contributed by atoms with Crippen LogP contribution < -0.4 is 4.90 Å². The van der Waals surface area contributed by atoms with E-state index in [1.165, 1.54) is 0 Å². The van der Waals surface area contributed by atoms with Crippen LogP contribution in [-0.4, -0.2) is 34.1 Å². The van der Waals surface area contributed by atoms with Crippen LogP contribution in [0, 0.1) is 0 Å². The van der Waals surface area contributed by atoms with Crippen molar-refractivity contribution in [3.05, 3.63) is 24.7 Å². The maximum absolute atomic E-state index is 5.68. The van der Waals surface area contributed by atoms with Gasteiger partial charge in [-0.15, -0.1) is 11.6 Å². The lowest BCUT2D eigenvalue weighted by Crippen LogP contribution is -2.21. The Morgan fingerprint density at radius 2 is 2.36 bits per heavy atom. The largest absolute Gasteiger partial charge is 0.357 e. The molecule has 14 heavy (non-hydrogen) atoms. The van der Waals surface area contributed by atoms with E-state index in [0.717, 1.165) is 17.9 Å². The van der Waals surface area contributed by atoms with E-state index >= 15 is 0 Å². The van der Waals surface area contributed by atoms with Gasteiger partial charge < -0.3 is 4.90 Å². The highest BCUT2D eigenvalue weighted by Crippen LogP contribution is 2.15. The van der Waals surface area contributed by atoms with Gasteiger partial charge in [-0.1, -0.05) is 0 Å². The number of aromatic nitrogens is 3. The van der Waals surface area contributed by atoms with Crippen LogP contribution >= 0.6 is 11.6 Å². The fourth-order valence-corrected chi connectivity index (χ4v) is 1.62. The molecule has 0 atom stereocenters. The molecule has 0 amide bonds. The number of anilines is 1. The molecule has 2 rings (SSSR count). The minimum Gasteiger partial charge on any atom is -0.357 e. The molecule has 0 N–H and O–H groups in total. The summed E-state index contributed by atoms with van der Waals surface area (Å²) >= 11 is 5.68. The van der Waals surface area contributed by atoms with Gasteiger partial charge in [-0.05, 0) is 6.07 Å². The molecule has 2 aromatic rings. The summed E-state index contributed by atoms with van der Waals surface area (Å²) in [5.41, 5.74) is 1.00. The van der Waals surface area contributed by atoms with Crippen LogP contribution in [0.3, 0.4) is 0 Å². The first-order valence-corrected chi connectivity index (χ1v) is 4.92. The highest BCUT2D eigenvalue weighted by molar-refractivity contribution is 6.18. The molecule has 0 aliphatic heterocycles. The van der Waals surface area contributed by atoms with Crippen LogP contribution in [0.25, 0.3) is 5.52 Å². The van der Waals surface area contributed by atoms with E-state index in [1.807, 2.05) is 24.2 Å². The van der Waals surface area contributed by atoms with Gasteiger partial charge in [-0.25, -0.2) is 9.50 Å². The van der Waals surface area contributed by atoms with Crippen molar-refractivity contribution in [2.75, 3.05) is 24.4 Å². The lowest BCUT2D eigenvalue weighted by molar-refractivity contribution is 0.903. The number of fused-ring (bicyclic) bond motifs is 1. The van der Waals surface area contributed by atoms with Crippen LogP contribution in [0.15, 0.2) is 24.7 Å². The summed E-state index contributed by atoms with van der Waals surface area (Å²) in [5.74, 6) is 1.50. The van der Waals surface area contributed by atoms with Crippen molar-refractivity contribution in [2.24, 2.45) is 0 Å². The normalized spacial score (nSPS) is 10.7. The summed E-state index contributed by atoms with van der Waals surface area (Å²) < 4.78 is 1.80. The number of halogens is 1. The zero-order valence-electron chi connectivity index (χ0n) is 7.89. The molecule has 0 saturated carbocycles. The smallest absolute Gasteiger partial charge is 0.154 e. The fraction of sp³-hybridized carbons (Fsp3) is 0.333. The molecule has 0 fully saturated rings. The van der Waals surface area contributed by atoms with E-state index in [9.17, 15) is 0 Å². The van der Waals surface area contributed by atoms with Crippen LogP contribution in [-0.2, 0) is 0 Å². The molecule has 5 heteroatoms. The summed E-state index contributed by atoms with van der Waals surface area (Å²) in [5, 5.41) is 4.14. The van der Waals surface area contributed by atoms with Crippen molar-refractivity contribution >= 4 is 22.9 Å². The van der Waals surface area contributed by atoms with Crippen LogP contribution in [0.2, 0.25) is 0 Å². The Hall–Kier alpha value is -1.29. The van der Waals surface area contributed by atoms with E-state index in [4.69, 9.17) is 11.6 Å². The summed E-state index contributed by atoms with van der Waals surface area (Å²) in [7, 11) is 1.97. The van der Waals surface area contributed by atoms with Crippen molar-refractivity contribution in [1.29, 1.82) is 0 Å². The average molecular weight is 211 g/mol. The lowest BCUT2D eigenvalue weighted by atomic mass is 10.4. The maximum atomic E-state index is 5.68. The quantitative estimate of drug-likeness (QED) is 0.719. The summed E-state index contributed by atoms with van der Waals surface area (Å²) in [4.78, 5) is 6.32. The Morgan fingerprint density at radius 3 is 3.14 bits per heavy atom. The highest BCUT2D eigenvalue weighted by Gasteiger charge is 2.06. The first-order valence-electron chi connectivity index (χ1n) is 4.38. The zero-order valence-corrected chi connectivity index (χ0v) is 8.65. The summed E-state index contributed by atoms with van der Waals surface area (Å²) in [6.07, 6.45) is 5.32. The Bertz CT molecular complexity index is 425. The van der Waals surface area contributed by atoms with Crippen LogP contribution in [0.4, 0.5) is 5.82 Å². The summed E-state index contributed by atoms with van der Waals surface area (Å²) in [6, 6.07) is 1.94. The fourth-order valence-electron chi connectivity index (χ4n) is 1.37. The topological polar surface area (TPSA) is 33.4 Å². The number of hydrogen-bond donors (Lipinski definition) is 0. The molecule has 0 aliphatic carbocycles. The highest BCUT2D eigenvalue weighted by atomic mass is 35.5. The van der Waals surface area contributed by atoms with Crippen molar-refractivity contribution in [3.63, 3.8) is 0 Å². The zero-order chi connectivity index (χ0) is 9.97. The molecule has 0 spiro atoms. The number of nitrogens with zero attached hydrogens (tertiary/aromatic N) is 4. The lowest BCUT2D eigenvalue weighted by Gasteiger charge is -2.16. The van der Waals surface area contributed by atoms with E-state index in [1.54, 1.807) is 16.9 Å². The minimum absolute atomic E-state index is 0.591. The predicted molar refractivity (Wildman–Crippen MR) is 57.0 cm³/mol. The molecule has 0 radical (unpaired) electrons. The predicted octanol–water partition coefficient (Wildman–Crippen LogP) is 1.40. The third-order valence-electron chi connectivity index (χ3n) is 2.09. The standard InChI is InChI=1S/C9H11ClN4/c1-13(6-3-10)9-8-2-4-12-14(8)7-5-11-9/h2,4-5,7H,3,6H2,1H3. The first kappa shape index (κ1) is 9.27. The minimum atomic E-state index is 0.591. The number of rotatable bonds is 3. The molecular formula is C9H11ClN4. The number of alkyl halides is 1. The van der Waals surface area contributed by atoms with Crippen molar-refractivity contribution in [2.45, 2.75) is 0 Å². The molecule has 4 nitrogen and oxygen atoms in total. The van der Waals surface area contributed by atoms with Gasteiger partial charge in [0.25, 0.3) is 0 Å². The Morgan fingerprint density at radius 1 is 1.50 bits per heavy atom. The maximum Gasteiger partial charge on any atom is 0.154 e. The number of hydrogen-bond acceptors (Lipinski definition) is 3. The van der Waals surface area contributed by atoms with Gasteiger partial charge in [0.15, 0.2) is 5.82 Å². The van der Waals surface area contributed by atoms with Gasteiger partial charge in [0.2, 0.25) is 0 Å². The second-order valence-corrected chi connectivity index (χ2v) is 3.40. The van der Waals surface area contributed by atoms with Gasteiger partial charge >= 0.3 is 0 Å². The third kappa shape index (κ3) is 1.53. The Labute approximate surface area is 87.1 Å². The van der Waals surface area contributed by atoms with Gasteiger partial charge in [-0.2, -0.15) is 5.10 Å². The molecular weight excluding hydrogens is 200 g/mol.